The summed E-state index contributed by atoms with van der Waals surface area (Å²) < 4.78 is 31.6. The average molecular weight is 519 g/mol. The van der Waals surface area contributed by atoms with Crippen LogP contribution in [0, 0.1) is 17.8 Å². The largest absolute Gasteiger partial charge is 0.340 e. The van der Waals surface area contributed by atoms with Gasteiger partial charge < -0.3 is 19.4 Å². The Kier molecular flexibility index (Phi) is 6.26. The van der Waals surface area contributed by atoms with Crippen molar-refractivity contribution in [3.63, 3.8) is 0 Å². The second-order valence-electron chi connectivity index (χ2n) is 10.2. The minimum atomic E-state index is -2.75. The molecule has 0 amide bonds. The number of aryl methyl sites for hydroxylation is 1. The highest BCUT2D eigenvalue weighted by Crippen LogP contribution is 2.39. The van der Waals surface area contributed by atoms with Gasteiger partial charge in [-0.1, -0.05) is 31.9 Å². The number of hydrogen-bond donors (Lipinski definition) is 1. The van der Waals surface area contributed by atoms with Crippen LogP contribution in [-0.2, 0) is 13.6 Å². The van der Waals surface area contributed by atoms with E-state index in [-0.39, 0.29) is 18.1 Å². The van der Waals surface area contributed by atoms with Crippen LogP contribution in [0.5, 0.6) is 0 Å². The molecule has 2 aliphatic rings. The number of nitrogens with one attached hydrogen (secondary N) is 1. The topological polar surface area (TPSA) is 85.0 Å². The van der Waals surface area contributed by atoms with Crippen molar-refractivity contribution in [2.45, 2.75) is 45.6 Å². The van der Waals surface area contributed by atoms with Crippen LogP contribution in [0.3, 0.4) is 0 Å². The summed E-state index contributed by atoms with van der Waals surface area (Å²) in [7, 11) is 1.59. The van der Waals surface area contributed by atoms with Gasteiger partial charge in [-0.15, -0.1) is 0 Å². The van der Waals surface area contributed by atoms with Gasteiger partial charge in [0.25, 0.3) is 5.92 Å². The molecule has 2 unspecified atom stereocenters. The van der Waals surface area contributed by atoms with E-state index in [1.165, 1.54) is 24.6 Å². The van der Waals surface area contributed by atoms with Gasteiger partial charge in [-0.3, -0.25) is 9.59 Å². The van der Waals surface area contributed by atoms with Crippen LogP contribution in [0.4, 0.5) is 26.2 Å². The molecule has 8 nitrogen and oxygen atoms in total. The lowest BCUT2D eigenvalue weighted by Crippen LogP contribution is -2.52. The number of halogens is 3. The van der Waals surface area contributed by atoms with E-state index in [1.54, 1.807) is 34.7 Å². The first-order chi connectivity index (χ1) is 17.1. The first-order valence-electron chi connectivity index (χ1n) is 12.2. The van der Waals surface area contributed by atoms with E-state index in [4.69, 9.17) is 11.6 Å². The molecule has 192 valence electrons. The molecule has 1 aliphatic carbocycles. The van der Waals surface area contributed by atoms with E-state index in [9.17, 15) is 18.4 Å². The van der Waals surface area contributed by atoms with Gasteiger partial charge in [-0.25, -0.2) is 13.8 Å². The lowest BCUT2D eigenvalue weighted by atomic mass is 9.85. The van der Waals surface area contributed by atoms with Crippen LogP contribution in [0.25, 0.3) is 11.0 Å². The Morgan fingerprint density at radius 1 is 1.11 bits per heavy atom. The third kappa shape index (κ3) is 4.25. The van der Waals surface area contributed by atoms with Gasteiger partial charge in [0.1, 0.15) is 5.02 Å². The summed E-state index contributed by atoms with van der Waals surface area (Å²) in [6, 6.07) is 5.37. The van der Waals surface area contributed by atoms with Crippen molar-refractivity contribution in [1.82, 2.24) is 19.1 Å². The monoisotopic (exact) mass is 518 g/mol. The summed E-state index contributed by atoms with van der Waals surface area (Å²) in [5.41, 5.74) is 0.825. The summed E-state index contributed by atoms with van der Waals surface area (Å²) in [6.07, 6.45) is 4.67. The predicted molar refractivity (Wildman–Crippen MR) is 137 cm³/mol. The fraction of sp³-hybridized carbons (Fsp3) is 0.520. The SMILES string of the molecule is CC1CN(c2ncc(Cl)c(Nc3ccc4c(c3)n(CC3CCC3)c(=O)c(=O)n4C)n2)CC(C)C1(F)F. The number of aromatic nitrogens is 4. The van der Waals surface area contributed by atoms with Gasteiger partial charge in [-0.05, 0) is 37.0 Å². The molecule has 0 spiro atoms. The molecule has 1 saturated heterocycles. The minimum Gasteiger partial charge on any atom is -0.340 e. The quantitative estimate of drug-likeness (QED) is 0.503. The van der Waals surface area contributed by atoms with Crippen LogP contribution in [0.15, 0.2) is 34.0 Å². The fourth-order valence-corrected chi connectivity index (χ4v) is 5.19. The molecule has 0 bridgehead atoms. The molecule has 0 radical (unpaired) electrons. The summed E-state index contributed by atoms with van der Waals surface area (Å²) in [6.45, 7) is 3.83. The molecule has 2 atom stereocenters. The van der Waals surface area contributed by atoms with E-state index < -0.39 is 28.9 Å². The zero-order chi connectivity index (χ0) is 25.8. The summed E-state index contributed by atoms with van der Waals surface area (Å²) in [4.78, 5) is 35.9. The van der Waals surface area contributed by atoms with Crippen LogP contribution in [0.2, 0.25) is 5.02 Å². The average Bonchev–Trinajstić information content (AvgIpc) is 2.81. The minimum absolute atomic E-state index is 0.135. The molecule has 3 aromatic rings. The molecule has 1 N–H and O–H groups in total. The van der Waals surface area contributed by atoms with Crippen LogP contribution in [-0.4, -0.2) is 38.1 Å². The van der Waals surface area contributed by atoms with Crippen molar-refractivity contribution in [3.8, 4) is 0 Å². The third-order valence-electron chi connectivity index (χ3n) is 7.61. The van der Waals surface area contributed by atoms with E-state index >= 15 is 0 Å². The van der Waals surface area contributed by atoms with Crippen LogP contribution in [0.1, 0.15) is 33.1 Å². The maximum absolute atomic E-state index is 14.3. The van der Waals surface area contributed by atoms with Crippen LogP contribution >= 0.6 is 11.6 Å². The molecule has 36 heavy (non-hydrogen) atoms. The first kappa shape index (κ1) is 24.7. The predicted octanol–water partition coefficient (Wildman–Crippen LogP) is 4.41. The van der Waals surface area contributed by atoms with E-state index in [1.807, 2.05) is 0 Å². The Balaban J connectivity index is 1.49. The van der Waals surface area contributed by atoms with Gasteiger partial charge in [0, 0.05) is 44.2 Å². The fourth-order valence-electron chi connectivity index (χ4n) is 5.06. The van der Waals surface area contributed by atoms with E-state index in [2.05, 4.69) is 15.3 Å². The molecular formula is C25H29ClF2N6O2. The Labute approximate surface area is 211 Å². The number of hydrogen-bond acceptors (Lipinski definition) is 6. The van der Waals surface area contributed by atoms with Crippen molar-refractivity contribution >= 4 is 40.1 Å². The third-order valence-corrected chi connectivity index (χ3v) is 7.88. The highest BCUT2D eigenvalue weighted by Gasteiger charge is 2.47. The standard InChI is InChI=1S/C25H29ClF2N6O2/c1-14-11-33(12-15(2)25(14,27)28)24-29-10-18(26)21(31-24)30-17-7-8-19-20(9-17)34(13-16-5-4-6-16)23(36)22(35)32(19)3/h7-10,14-16H,4-6,11-13H2,1-3H3,(H,29,30,31). The maximum atomic E-state index is 14.3. The van der Waals surface area contributed by atoms with Crippen molar-refractivity contribution in [3.05, 3.63) is 50.1 Å². The van der Waals surface area contributed by atoms with Crippen molar-refractivity contribution in [2.24, 2.45) is 24.8 Å². The Morgan fingerprint density at radius 3 is 2.44 bits per heavy atom. The van der Waals surface area contributed by atoms with Crippen molar-refractivity contribution in [2.75, 3.05) is 23.3 Å². The molecule has 5 rings (SSSR count). The molecule has 2 aromatic heterocycles. The normalized spacial score (nSPS) is 22.0. The second kappa shape index (κ2) is 9.14. The summed E-state index contributed by atoms with van der Waals surface area (Å²) in [5, 5.41) is 3.46. The number of benzene rings is 1. The number of alkyl halides is 2. The number of piperidine rings is 1. The molecule has 11 heteroatoms. The van der Waals surface area contributed by atoms with E-state index in [0.29, 0.717) is 40.9 Å². The lowest BCUT2D eigenvalue weighted by molar-refractivity contribution is -0.105. The van der Waals surface area contributed by atoms with Crippen molar-refractivity contribution in [1.29, 1.82) is 0 Å². The highest BCUT2D eigenvalue weighted by molar-refractivity contribution is 6.32. The van der Waals surface area contributed by atoms with Gasteiger partial charge in [0.15, 0.2) is 5.82 Å². The Morgan fingerprint density at radius 2 is 1.81 bits per heavy atom. The van der Waals surface area contributed by atoms with Crippen molar-refractivity contribution < 1.29 is 8.78 Å². The molecule has 1 aromatic carbocycles. The van der Waals surface area contributed by atoms with Gasteiger partial charge in [-0.2, -0.15) is 4.98 Å². The number of nitrogens with zero attached hydrogens (tertiary/aromatic N) is 5. The highest BCUT2D eigenvalue weighted by atomic mass is 35.5. The van der Waals surface area contributed by atoms with Gasteiger partial charge in [0.05, 0.1) is 17.2 Å². The Hall–Kier alpha value is -3.01. The molecule has 1 saturated carbocycles. The van der Waals surface area contributed by atoms with Gasteiger partial charge in [0.2, 0.25) is 5.95 Å². The lowest BCUT2D eigenvalue weighted by Gasteiger charge is -2.41. The Bertz CT molecular complexity index is 1420. The number of rotatable bonds is 5. The zero-order valence-electron chi connectivity index (χ0n) is 20.5. The summed E-state index contributed by atoms with van der Waals surface area (Å²) in [5.74, 6) is -3.38. The molecule has 2 fully saturated rings. The van der Waals surface area contributed by atoms with Crippen LogP contribution < -0.4 is 21.3 Å². The second-order valence-corrected chi connectivity index (χ2v) is 10.6. The van der Waals surface area contributed by atoms with Gasteiger partial charge >= 0.3 is 11.1 Å². The van der Waals surface area contributed by atoms with E-state index in [0.717, 1.165) is 19.3 Å². The molecular weight excluding hydrogens is 490 g/mol. The zero-order valence-corrected chi connectivity index (χ0v) is 21.2. The smallest absolute Gasteiger partial charge is 0.316 e. The number of anilines is 3. The maximum Gasteiger partial charge on any atom is 0.316 e. The number of fused-ring (bicyclic) bond motifs is 1. The molecule has 3 heterocycles. The summed E-state index contributed by atoms with van der Waals surface area (Å²) >= 11 is 6.38. The molecule has 1 aliphatic heterocycles. The first-order valence-corrected chi connectivity index (χ1v) is 12.6.